The van der Waals surface area contributed by atoms with Crippen molar-refractivity contribution in [3.05, 3.63) is 71.0 Å². The Morgan fingerprint density at radius 2 is 1.75 bits per heavy atom. The van der Waals surface area contributed by atoms with Crippen LogP contribution in [0.25, 0.3) is 0 Å². The third-order valence-corrected chi connectivity index (χ3v) is 6.17. The van der Waals surface area contributed by atoms with E-state index < -0.39 is 17.8 Å². The molecule has 32 heavy (non-hydrogen) atoms. The van der Waals surface area contributed by atoms with E-state index >= 15 is 0 Å². The Morgan fingerprint density at radius 3 is 2.41 bits per heavy atom. The van der Waals surface area contributed by atoms with Crippen molar-refractivity contribution in [2.45, 2.75) is 65.2 Å². The molecule has 1 fully saturated rings. The maximum absolute atomic E-state index is 13.9. The molecule has 2 unspecified atom stereocenters. The van der Waals surface area contributed by atoms with Crippen LogP contribution in [-0.2, 0) is 17.9 Å². The Morgan fingerprint density at radius 1 is 1.06 bits per heavy atom. The molecule has 2 N–H and O–H groups in total. The predicted octanol–water partition coefficient (Wildman–Crippen LogP) is 4.27. The van der Waals surface area contributed by atoms with E-state index in [0.717, 1.165) is 18.7 Å². The highest BCUT2D eigenvalue weighted by atomic mass is 19.1. The van der Waals surface area contributed by atoms with Crippen LogP contribution >= 0.6 is 0 Å². The standard InChI is InChI=1S/C26H34FN3O2/c1-18(2)24(29-25(31)22-9-4-5-10-23(22)27)26(32)28-16-20-11-13-21(14-12-20)17-30-15-7-6-8-19(30)3/h4-5,9-14,18-19,24H,6-8,15-17H2,1-3H3,(H,28,32)(H,29,31). The molecule has 1 saturated heterocycles. The summed E-state index contributed by atoms with van der Waals surface area (Å²) >= 11 is 0. The summed E-state index contributed by atoms with van der Waals surface area (Å²) in [4.78, 5) is 27.7. The lowest BCUT2D eigenvalue weighted by molar-refractivity contribution is -0.124. The number of benzene rings is 2. The zero-order chi connectivity index (χ0) is 23.1. The largest absolute Gasteiger partial charge is 0.350 e. The maximum atomic E-state index is 13.9. The molecule has 2 aromatic carbocycles. The molecule has 3 rings (SSSR count). The fourth-order valence-corrected chi connectivity index (χ4v) is 4.09. The maximum Gasteiger partial charge on any atom is 0.254 e. The summed E-state index contributed by atoms with van der Waals surface area (Å²) in [5.74, 6) is -1.62. The molecule has 6 heteroatoms. The van der Waals surface area contributed by atoms with E-state index in [1.54, 1.807) is 6.07 Å². The van der Waals surface area contributed by atoms with Crippen LogP contribution in [0.3, 0.4) is 0 Å². The van der Waals surface area contributed by atoms with Gasteiger partial charge in [0.1, 0.15) is 11.9 Å². The highest BCUT2D eigenvalue weighted by molar-refractivity contribution is 5.97. The molecule has 5 nitrogen and oxygen atoms in total. The molecule has 0 radical (unpaired) electrons. The molecule has 1 aliphatic heterocycles. The van der Waals surface area contributed by atoms with E-state index in [4.69, 9.17) is 0 Å². The van der Waals surface area contributed by atoms with Gasteiger partial charge in [0, 0.05) is 19.1 Å². The van der Waals surface area contributed by atoms with Crippen molar-refractivity contribution in [1.29, 1.82) is 0 Å². The molecule has 0 saturated carbocycles. The molecule has 1 aliphatic rings. The summed E-state index contributed by atoms with van der Waals surface area (Å²) in [7, 11) is 0. The van der Waals surface area contributed by atoms with Crippen LogP contribution in [0.5, 0.6) is 0 Å². The van der Waals surface area contributed by atoms with Gasteiger partial charge in [-0.3, -0.25) is 14.5 Å². The highest BCUT2D eigenvalue weighted by Gasteiger charge is 2.25. The van der Waals surface area contributed by atoms with Crippen molar-refractivity contribution in [3.8, 4) is 0 Å². The zero-order valence-electron chi connectivity index (χ0n) is 19.2. The van der Waals surface area contributed by atoms with E-state index in [-0.39, 0.29) is 17.4 Å². The first-order chi connectivity index (χ1) is 15.3. The van der Waals surface area contributed by atoms with Crippen LogP contribution in [0, 0.1) is 11.7 Å². The first-order valence-corrected chi connectivity index (χ1v) is 11.5. The Labute approximate surface area is 190 Å². The molecule has 0 aliphatic carbocycles. The van der Waals surface area contributed by atoms with Crippen molar-refractivity contribution in [2.24, 2.45) is 5.92 Å². The minimum absolute atomic E-state index is 0.0652. The second kappa shape index (κ2) is 11.2. The topological polar surface area (TPSA) is 61.4 Å². The van der Waals surface area contributed by atoms with Crippen LogP contribution in [0.1, 0.15) is 61.5 Å². The normalized spacial score (nSPS) is 17.7. The first-order valence-electron chi connectivity index (χ1n) is 11.5. The average Bonchev–Trinajstić information content (AvgIpc) is 2.78. The van der Waals surface area contributed by atoms with Gasteiger partial charge < -0.3 is 10.6 Å². The van der Waals surface area contributed by atoms with Gasteiger partial charge in [0.15, 0.2) is 0 Å². The third-order valence-electron chi connectivity index (χ3n) is 6.17. The van der Waals surface area contributed by atoms with E-state index in [2.05, 4.69) is 34.6 Å². The summed E-state index contributed by atoms with van der Waals surface area (Å²) in [6.45, 7) is 8.46. The minimum Gasteiger partial charge on any atom is -0.350 e. The first kappa shape index (κ1) is 23.9. The molecule has 1 heterocycles. The Balaban J connectivity index is 1.54. The molecule has 0 aromatic heterocycles. The monoisotopic (exact) mass is 439 g/mol. The van der Waals surface area contributed by atoms with E-state index in [1.807, 2.05) is 26.0 Å². The van der Waals surface area contributed by atoms with Crippen LogP contribution in [0.15, 0.2) is 48.5 Å². The van der Waals surface area contributed by atoms with Gasteiger partial charge in [-0.05, 0) is 55.5 Å². The number of halogens is 1. The summed E-state index contributed by atoms with van der Waals surface area (Å²) in [5, 5.41) is 5.57. The minimum atomic E-state index is -0.748. The Hall–Kier alpha value is -2.73. The van der Waals surface area contributed by atoms with Gasteiger partial charge in [0.25, 0.3) is 5.91 Å². The average molecular weight is 440 g/mol. The smallest absolute Gasteiger partial charge is 0.254 e. The quantitative estimate of drug-likeness (QED) is 0.646. The summed E-state index contributed by atoms with van der Waals surface area (Å²) in [6.07, 6.45) is 3.84. The third kappa shape index (κ3) is 6.39. The van der Waals surface area contributed by atoms with Gasteiger partial charge in [0.05, 0.1) is 5.56 Å². The van der Waals surface area contributed by atoms with Crippen LogP contribution in [-0.4, -0.2) is 35.3 Å². The van der Waals surface area contributed by atoms with Crippen molar-refractivity contribution < 1.29 is 14.0 Å². The second-order valence-corrected chi connectivity index (χ2v) is 9.02. The molecule has 2 aromatic rings. The summed E-state index contributed by atoms with van der Waals surface area (Å²) < 4.78 is 13.9. The number of hydrogen-bond donors (Lipinski definition) is 2. The number of nitrogens with zero attached hydrogens (tertiary/aromatic N) is 1. The molecular weight excluding hydrogens is 405 g/mol. The molecule has 0 spiro atoms. The number of rotatable bonds is 8. The number of carbonyl (C=O) groups is 2. The van der Waals surface area contributed by atoms with E-state index in [9.17, 15) is 14.0 Å². The lowest BCUT2D eigenvalue weighted by Crippen LogP contribution is -2.49. The number of piperidine rings is 1. The Kier molecular flexibility index (Phi) is 8.39. The molecule has 2 amide bonds. The van der Waals surface area contributed by atoms with Crippen molar-refractivity contribution in [3.63, 3.8) is 0 Å². The fourth-order valence-electron chi connectivity index (χ4n) is 4.09. The zero-order valence-corrected chi connectivity index (χ0v) is 19.2. The van der Waals surface area contributed by atoms with Gasteiger partial charge in [-0.15, -0.1) is 0 Å². The number of hydrogen-bond acceptors (Lipinski definition) is 3. The van der Waals surface area contributed by atoms with Crippen molar-refractivity contribution in [1.82, 2.24) is 15.5 Å². The van der Waals surface area contributed by atoms with Crippen LogP contribution in [0.2, 0.25) is 0 Å². The van der Waals surface area contributed by atoms with Crippen molar-refractivity contribution >= 4 is 11.8 Å². The number of nitrogens with one attached hydrogen (secondary N) is 2. The molecular formula is C26H34FN3O2. The summed E-state index contributed by atoms with van der Waals surface area (Å²) in [5.41, 5.74) is 2.20. The summed E-state index contributed by atoms with van der Waals surface area (Å²) in [6, 6.07) is 13.9. The van der Waals surface area contributed by atoms with Crippen LogP contribution in [0.4, 0.5) is 4.39 Å². The fraction of sp³-hybridized carbons (Fsp3) is 0.462. The number of likely N-dealkylation sites (tertiary alicyclic amines) is 1. The van der Waals surface area contributed by atoms with Gasteiger partial charge in [-0.2, -0.15) is 0 Å². The lowest BCUT2D eigenvalue weighted by Gasteiger charge is -2.33. The molecule has 172 valence electrons. The van der Waals surface area contributed by atoms with Gasteiger partial charge in [-0.25, -0.2) is 4.39 Å². The number of carbonyl (C=O) groups excluding carboxylic acids is 2. The Bertz CT molecular complexity index is 914. The lowest BCUT2D eigenvalue weighted by atomic mass is 10.0. The highest BCUT2D eigenvalue weighted by Crippen LogP contribution is 2.19. The molecule has 2 atom stereocenters. The van der Waals surface area contributed by atoms with Gasteiger partial charge >= 0.3 is 0 Å². The van der Waals surface area contributed by atoms with E-state index in [1.165, 1.54) is 43.0 Å². The van der Waals surface area contributed by atoms with Crippen LogP contribution < -0.4 is 10.6 Å². The number of amides is 2. The second-order valence-electron chi connectivity index (χ2n) is 9.02. The SMILES string of the molecule is CC(C)C(NC(=O)c1ccccc1F)C(=O)NCc1ccc(CN2CCCCC2C)cc1. The van der Waals surface area contributed by atoms with Gasteiger partial charge in [-0.1, -0.05) is 56.7 Å². The van der Waals surface area contributed by atoms with Crippen molar-refractivity contribution in [2.75, 3.05) is 6.54 Å². The van der Waals surface area contributed by atoms with Gasteiger partial charge in [0.2, 0.25) is 5.91 Å². The molecule has 0 bridgehead atoms. The predicted molar refractivity (Wildman–Crippen MR) is 125 cm³/mol. The van der Waals surface area contributed by atoms with E-state index in [0.29, 0.717) is 12.6 Å².